The molecule has 0 saturated carbocycles. The van der Waals surface area contributed by atoms with Crippen molar-refractivity contribution in [2.24, 2.45) is 0 Å². The predicted octanol–water partition coefficient (Wildman–Crippen LogP) is 2.78. The van der Waals surface area contributed by atoms with Gasteiger partial charge < -0.3 is 29.9 Å². The van der Waals surface area contributed by atoms with Crippen molar-refractivity contribution in [2.45, 2.75) is 25.9 Å². The summed E-state index contributed by atoms with van der Waals surface area (Å²) in [5.41, 5.74) is -0.801. The Bertz CT molecular complexity index is 973. The molecule has 7 heteroatoms. The van der Waals surface area contributed by atoms with Crippen LogP contribution in [0.3, 0.4) is 0 Å². The number of aliphatic hydroxyl groups is 1. The van der Waals surface area contributed by atoms with Crippen molar-refractivity contribution in [1.82, 2.24) is 0 Å². The van der Waals surface area contributed by atoms with E-state index in [-0.39, 0.29) is 34.1 Å². The minimum absolute atomic E-state index is 0.0188. The summed E-state index contributed by atoms with van der Waals surface area (Å²) < 4.78 is 10.9. The number of Topliss-reactive ketones (excluding diaryl/α,β-unsaturated/α-hetero) is 1. The Balaban J connectivity index is 2.16. The van der Waals surface area contributed by atoms with Crippen molar-refractivity contribution >= 4 is 5.78 Å². The number of methoxy groups -OCH3 is 1. The van der Waals surface area contributed by atoms with Gasteiger partial charge in [0.25, 0.3) is 0 Å². The van der Waals surface area contributed by atoms with Crippen molar-refractivity contribution in [1.29, 1.82) is 0 Å². The first kappa shape index (κ1) is 19.6. The highest BCUT2D eigenvalue weighted by Crippen LogP contribution is 2.46. The molecule has 0 aliphatic carbocycles. The summed E-state index contributed by atoms with van der Waals surface area (Å²) in [6.45, 7) is 3.38. The maximum atomic E-state index is 13.1. The Morgan fingerprint density at radius 2 is 1.93 bits per heavy atom. The Kier molecular flexibility index (Phi) is 4.95. The number of rotatable bonds is 4. The number of allylic oxidation sites excluding steroid dienone is 2. The molecule has 1 aliphatic heterocycles. The Labute approximate surface area is 162 Å². The molecular formula is C21H22O7. The van der Waals surface area contributed by atoms with Crippen molar-refractivity contribution in [3.8, 4) is 28.7 Å². The summed E-state index contributed by atoms with van der Waals surface area (Å²) in [4.78, 5) is 13.1. The third kappa shape index (κ3) is 3.14. The van der Waals surface area contributed by atoms with E-state index in [0.717, 1.165) is 11.6 Å². The number of aromatic hydroxyl groups is 3. The Morgan fingerprint density at radius 3 is 2.57 bits per heavy atom. The largest absolute Gasteiger partial charge is 0.508 e. The molecule has 1 aliphatic rings. The zero-order chi connectivity index (χ0) is 20.6. The number of carbonyl (C=O) groups excluding carboxylic acids is 1. The topological polar surface area (TPSA) is 116 Å². The van der Waals surface area contributed by atoms with Gasteiger partial charge in [-0.3, -0.25) is 4.79 Å². The molecule has 2 aromatic carbocycles. The molecule has 1 heterocycles. The lowest BCUT2D eigenvalue weighted by atomic mass is 9.82. The van der Waals surface area contributed by atoms with Crippen LogP contribution < -0.4 is 9.47 Å². The van der Waals surface area contributed by atoms with E-state index < -0.39 is 23.7 Å². The van der Waals surface area contributed by atoms with Crippen LogP contribution in [0.5, 0.6) is 28.7 Å². The lowest BCUT2D eigenvalue weighted by Gasteiger charge is -2.34. The third-order valence-corrected chi connectivity index (χ3v) is 4.71. The second kappa shape index (κ2) is 7.09. The smallest absolute Gasteiger partial charge is 0.210 e. The first-order valence-electron chi connectivity index (χ1n) is 8.67. The van der Waals surface area contributed by atoms with Crippen molar-refractivity contribution in [3.63, 3.8) is 0 Å². The van der Waals surface area contributed by atoms with Gasteiger partial charge in [-0.25, -0.2) is 0 Å². The highest BCUT2D eigenvalue weighted by Gasteiger charge is 2.48. The number of ether oxygens (including phenoxy) is 2. The molecule has 0 fully saturated rings. The second-order valence-corrected chi connectivity index (χ2v) is 6.95. The fraction of sp³-hybridized carbons (Fsp3) is 0.286. The average molecular weight is 386 g/mol. The van der Waals surface area contributed by atoms with Crippen LogP contribution in [0.2, 0.25) is 0 Å². The van der Waals surface area contributed by atoms with E-state index in [1.807, 2.05) is 19.9 Å². The quantitative estimate of drug-likeness (QED) is 0.597. The van der Waals surface area contributed by atoms with Gasteiger partial charge in [0.05, 0.1) is 7.11 Å². The maximum Gasteiger partial charge on any atom is 0.210 e. The molecule has 0 aromatic heterocycles. The van der Waals surface area contributed by atoms with E-state index in [9.17, 15) is 25.2 Å². The molecule has 1 atom stereocenters. The first-order valence-corrected chi connectivity index (χ1v) is 8.67. The molecule has 0 bridgehead atoms. The van der Waals surface area contributed by atoms with Gasteiger partial charge >= 0.3 is 0 Å². The standard InChI is InChI=1S/C21H22O7/c1-11(2)4-5-13-15(23)7-6-14(19(13)27-3)21(26)10-28-17-9-12(22)8-16(24)18(17)20(21)25/h4,6-9,22-24,26H,5,10H2,1-3H3/t21-/m0/s1. The summed E-state index contributed by atoms with van der Waals surface area (Å²) >= 11 is 0. The zero-order valence-electron chi connectivity index (χ0n) is 15.8. The van der Waals surface area contributed by atoms with Crippen LogP contribution in [0.25, 0.3) is 0 Å². The normalized spacial score (nSPS) is 18.2. The number of benzene rings is 2. The maximum absolute atomic E-state index is 13.1. The average Bonchev–Trinajstić information content (AvgIpc) is 2.62. The monoisotopic (exact) mass is 386 g/mol. The number of ketones is 1. The fourth-order valence-corrected chi connectivity index (χ4v) is 3.26. The number of fused-ring (bicyclic) bond motifs is 1. The minimum atomic E-state index is -2.14. The molecule has 0 unspecified atom stereocenters. The molecule has 4 N–H and O–H groups in total. The zero-order valence-corrected chi connectivity index (χ0v) is 15.8. The summed E-state index contributed by atoms with van der Waals surface area (Å²) in [6, 6.07) is 4.97. The van der Waals surface area contributed by atoms with Gasteiger partial charge in [-0.15, -0.1) is 0 Å². The number of carbonyl (C=O) groups is 1. The molecule has 3 rings (SSSR count). The van der Waals surface area contributed by atoms with Gasteiger partial charge in [-0.05, 0) is 32.4 Å². The van der Waals surface area contributed by atoms with Gasteiger partial charge in [0.1, 0.15) is 40.9 Å². The van der Waals surface area contributed by atoms with Crippen LogP contribution in [0.1, 0.15) is 35.3 Å². The van der Waals surface area contributed by atoms with E-state index >= 15 is 0 Å². The summed E-state index contributed by atoms with van der Waals surface area (Å²) in [6.07, 6.45) is 2.22. The van der Waals surface area contributed by atoms with Gasteiger partial charge in [0, 0.05) is 23.3 Å². The Morgan fingerprint density at radius 1 is 1.21 bits per heavy atom. The van der Waals surface area contributed by atoms with Crippen LogP contribution >= 0.6 is 0 Å². The van der Waals surface area contributed by atoms with Crippen LogP contribution in [0.15, 0.2) is 35.9 Å². The molecule has 0 radical (unpaired) electrons. The lowest BCUT2D eigenvalue weighted by Crippen LogP contribution is -2.45. The van der Waals surface area contributed by atoms with Crippen LogP contribution in [-0.4, -0.2) is 39.9 Å². The van der Waals surface area contributed by atoms with E-state index in [0.29, 0.717) is 12.0 Å². The molecule has 28 heavy (non-hydrogen) atoms. The van der Waals surface area contributed by atoms with Gasteiger partial charge in [0.15, 0.2) is 5.60 Å². The SMILES string of the molecule is COc1c([C@@]2(O)COc3cc(O)cc(O)c3C2=O)ccc(O)c1CC=C(C)C. The highest BCUT2D eigenvalue weighted by molar-refractivity contribution is 6.08. The number of hydrogen-bond acceptors (Lipinski definition) is 7. The van der Waals surface area contributed by atoms with Gasteiger partial charge in [-0.2, -0.15) is 0 Å². The van der Waals surface area contributed by atoms with Crippen LogP contribution in [0, 0.1) is 0 Å². The second-order valence-electron chi connectivity index (χ2n) is 6.95. The highest BCUT2D eigenvalue weighted by atomic mass is 16.5. The molecule has 148 valence electrons. The van der Waals surface area contributed by atoms with E-state index in [1.165, 1.54) is 25.3 Å². The molecule has 7 nitrogen and oxygen atoms in total. The summed E-state index contributed by atoms with van der Waals surface area (Å²) in [5, 5.41) is 41.2. The predicted molar refractivity (Wildman–Crippen MR) is 101 cm³/mol. The first-order chi connectivity index (χ1) is 13.2. The fourth-order valence-electron chi connectivity index (χ4n) is 3.26. The molecule has 0 spiro atoms. The van der Waals surface area contributed by atoms with Crippen LogP contribution in [0.4, 0.5) is 0 Å². The molecule has 0 saturated heterocycles. The summed E-state index contributed by atoms with van der Waals surface area (Å²) in [5.74, 6) is -1.43. The van der Waals surface area contributed by atoms with Crippen molar-refractivity contribution < 1.29 is 34.7 Å². The van der Waals surface area contributed by atoms with E-state index in [1.54, 1.807) is 0 Å². The molecule has 0 amide bonds. The number of phenols is 3. The van der Waals surface area contributed by atoms with Gasteiger partial charge in [-0.1, -0.05) is 11.6 Å². The molecule has 2 aromatic rings. The van der Waals surface area contributed by atoms with Crippen molar-refractivity contribution in [2.75, 3.05) is 13.7 Å². The Hall–Kier alpha value is -3.19. The number of hydrogen-bond donors (Lipinski definition) is 4. The summed E-state index contributed by atoms with van der Waals surface area (Å²) in [7, 11) is 1.38. The number of phenolic OH excluding ortho intramolecular Hbond substituents is 3. The van der Waals surface area contributed by atoms with E-state index in [4.69, 9.17) is 9.47 Å². The minimum Gasteiger partial charge on any atom is -0.508 e. The third-order valence-electron chi connectivity index (χ3n) is 4.71. The lowest BCUT2D eigenvalue weighted by molar-refractivity contribution is -0.00680. The van der Waals surface area contributed by atoms with Crippen LogP contribution in [-0.2, 0) is 12.0 Å². The van der Waals surface area contributed by atoms with Gasteiger partial charge in [0.2, 0.25) is 5.78 Å². The van der Waals surface area contributed by atoms with Crippen molar-refractivity contribution in [3.05, 3.63) is 52.6 Å². The molecular weight excluding hydrogens is 364 g/mol. The van der Waals surface area contributed by atoms with E-state index in [2.05, 4.69) is 0 Å².